The minimum Gasteiger partial charge on any atom is -0.508 e. The molecule has 2 rings (SSSR count). The molecule has 1 unspecified atom stereocenters. The van der Waals surface area contributed by atoms with E-state index in [-0.39, 0.29) is 24.8 Å². The van der Waals surface area contributed by atoms with E-state index in [1.807, 2.05) is 12.1 Å². The summed E-state index contributed by atoms with van der Waals surface area (Å²) in [6.45, 7) is 8.70. The van der Waals surface area contributed by atoms with Gasteiger partial charge in [-0.15, -0.1) is 24.8 Å². The van der Waals surface area contributed by atoms with Crippen molar-refractivity contribution in [2.45, 2.75) is 26.3 Å². The molecule has 1 aliphatic rings. The van der Waals surface area contributed by atoms with Crippen molar-refractivity contribution < 1.29 is 5.11 Å². The zero-order valence-electron chi connectivity index (χ0n) is 12.2. The van der Waals surface area contributed by atoms with E-state index in [9.17, 15) is 5.11 Å². The lowest BCUT2D eigenvalue weighted by Gasteiger charge is -2.38. The third kappa shape index (κ3) is 4.52. The number of phenols is 1. The van der Waals surface area contributed by atoms with E-state index in [4.69, 9.17) is 0 Å². The van der Waals surface area contributed by atoms with Gasteiger partial charge in [0.05, 0.1) is 0 Å². The number of nitrogens with one attached hydrogen (secondary N) is 1. The molecule has 116 valence electrons. The highest BCUT2D eigenvalue weighted by molar-refractivity contribution is 5.85. The number of hydrogen-bond donors (Lipinski definition) is 2. The Labute approximate surface area is 134 Å². The molecule has 5 heteroatoms. The first-order valence-corrected chi connectivity index (χ1v) is 6.96. The van der Waals surface area contributed by atoms with Crippen molar-refractivity contribution in [2.75, 3.05) is 26.2 Å². The predicted molar refractivity (Wildman–Crippen MR) is 89.2 cm³/mol. The molecule has 0 aliphatic carbocycles. The smallest absolute Gasteiger partial charge is 0.120 e. The van der Waals surface area contributed by atoms with Crippen molar-refractivity contribution in [3.63, 3.8) is 0 Å². The highest BCUT2D eigenvalue weighted by Gasteiger charge is 2.27. The van der Waals surface area contributed by atoms with Crippen LogP contribution in [-0.4, -0.2) is 36.2 Å². The maximum absolute atomic E-state index is 10.1. The van der Waals surface area contributed by atoms with Crippen LogP contribution in [0.25, 0.3) is 0 Å². The van der Waals surface area contributed by atoms with Crippen molar-refractivity contribution in [2.24, 2.45) is 5.92 Å². The second kappa shape index (κ2) is 9.46. The Kier molecular flexibility index (Phi) is 9.23. The molecule has 1 fully saturated rings. The summed E-state index contributed by atoms with van der Waals surface area (Å²) >= 11 is 0. The molecule has 0 spiro atoms. The molecule has 1 saturated heterocycles. The first-order valence-electron chi connectivity index (χ1n) is 6.96. The Morgan fingerprint density at radius 2 is 1.80 bits per heavy atom. The normalized spacial score (nSPS) is 18.5. The summed E-state index contributed by atoms with van der Waals surface area (Å²) in [5.74, 6) is 0.984. The summed E-state index contributed by atoms with van der Waals surface area (Å²) in [5.41, 5.74) is 1.08. The molecular formula is C15H26Cl2N2O. The summed E-state index contributed by atoms with van der Waals surface area (Å²) in [4.78, 5) is 2.50. The Balaban J connectivity index is 0.00000180. The van der Waals surface area contributed by atoms with Gasteiger partial charge in [-0.25, -0.2) is 0 Å². The molecule has 1 aromatic rings. The maximum atomic E-state index is 10.1. The van der Waals surface area contributed by atoms with Gasteiger partial charge in [0.2, 0.25) is 0 Å². The Bertz CT molecular complexity index is 384. The molecule has 3 nitrogen and oxygen atoms in total. The topological polar surface area (TPSA) is 35.5 Å². The van der Waals surface area contributed by atoms with Crippen LogP contribution in [-0.2, 0) is 0 Å². The van der Waals surface area contributed by atoms with Gasteiger partial charge in [0, 0.05) is 37.8 Å². The highest BCUT2D eigenvalue weighted by Crippen LogP contribution is 2.35. The molecule has 20 heavy (non-hydrogen) atoms. The predicted octanol–water partition coefficient (Wildman–Crippen LogP) is 3.23. The molecule has 0 bridgehead atoms. The Morgan fingerprint density at radius 3 is 2.35 bits per heavy atom. The Morgan fingerprint density at radius 1 is 1.20 bits per heavy atom. The SMILES string of the molecule is CCC(C)[C@@H](c1ccccc1O)N1CCNCC1.Cl.Cl. The highest BCUT2D eigenvalue weighted by atomic mass is 35.5. The van der Waals surface area contributed by atoms with E-state index in [2.05, 4.69) is 30.1 Å². The van der Waals surface area contributed by atoms with Crippen molar-refractivity contribution in [3.05, 3.63) is 29.8 Å². The van der Waals surface area contributed by atoms with E-state index in [0.717, 1.165) is 38.2 Å². The number of nitrogens with zero attached hydrogens (tertiary/aromatic N) is 1. The number of hydrogen-bond acceptors (Lipinski definition) is 3. The average molecular weight is 321 g/mol. The molecule has 1 heterocycles. The average Bonchev–Trinajstić information content (AvgIpc) is 2.42. The lowest BCUT2D eigenvalue weighted by Crippen LogP contribution is -2.46. The first kappa shape index (κ1) is 19.5. The van der Waals surface area contributed by atoms with Gasteiger partial charge in [0.25, 0.3) is 0 Å². The van der Waals surface area contributed by atoms with Crippen LogP contribution in [0.15, 0.2) is 24.3 Å². The number of aromatic hydroxyl groups is 1. The van der Waals surface area contributed by atoms with Crippen LogP contribution in [0.5, 0.6) is 5.75 Å². The van der Waals surface area contributed by atoms with Crippen molar-refractivity contribution in [1.29, 1.82) is 0 Å². The zero-order chi connectivity index (χ0) is 13.0. The zero-order valence-corrected chi connectivity index (χ0v) is 13.8. The van der Waals surface area contributed by atoms with E-state index in [1.54, 1.807) is 6.07 Å². The number of piperazine rings is 1. The lowest BCUT2D eigenvalue weighted by atomic mass is 9.90. The summed E-state index contributed by atoms with van der Waals surface area (Å²) < 4.78 is 0. The second-order valence-electron chi connectivity index (χ2n) is 5.18. The van der Waals surface area contributed by atoms with Gasteiger partial charge in [-0.3, -0.25) is 4.90 Å². The van der Waals surface area contributed by atoms with Gasteiger partial charge in [0.1, 0.15) is 5.75 Å². The fourth-order valence-electron chi connectivity index (χ4n) is 2.78. The van der Waals surface area contributed by atoms with E-state index >= 15 is 0 Å². The van der Waals surface area contributed by atoms with Gasteiger partial charge in [-0.05, 0) is 12.0 Å². The largest absolute Gasteiger partial charge is 0.508 e. The molecular weight excluding hydrogens is 295 g/mol. The molecule has 1 aliphatic heterocycles. The molecule has 0 saturated carbocycles. The molecule has 0 amide bonds. The van der Waals surface area contributed by atoms with Crippen LogP contribution in [0.1, 0.15) is 31.9 Å². The van der Waals surface area contributed by atoms with Crippen molar-refractivity contribution in [1.82, 2.24) is 10.2 Å². The third-order valence-corrected chi connectivity index (χ3v) is 3.98. The number of benzene rings is 1. The molecule has 0 radical (unpaired) electrons. The van der Waals surface area contributed by atoms with Crippen LogP contribution in [0.3, 0.4) is 0 Å². The minimum absolute atomic E-state index is 0. The van der Waals surface area contributed by atoms with Crippen molar-refractivity contribution in [3.8, 4) is 5.75 Å². The van der Waals surface area contributed by atoms with Gasteiger partial charge in [-0.2, -0.15) is 0 Å². The number of para-hydroxylation sites is 1. The summed E-state index contributed by atoms with van der Waals surface area (Å²) in [6, 6.07) is 8.11. The molecule has 2 atom stereocenters. The maximum Gasteiger partial charge on any atom is 0.120 e. The quantitative estimate of drug-likeness (QED) is 0.894. The third-order valence-electron chi connectivity index (χ3n) is 3.98. The summed E-state index contributed by atoms with van der Waals surface area (Å²) in [5, 5.41) is 13.5. The fraction of sp³-hybridized carbons (Fsp3) is 0.600. The molecule has 1 aromatic carbocycles. The molecule has 2 N–H and O–H groups in total. The van der Waals surface area contributed by atoms with Gasteiger partial charge < -0.3 is 10.4 Å². The van der Waals surface area contributed by atoms with Crippen LogP contribution in [0, 0.1) is 5.92 Å². The number of rotatable bonds is 4. The van der Waals surface area contributed by atoms with E-state index in [0.29, 0.717) is 17.7 Å². The fourth-order valence-corrected chi connectivity index (χ4v) is 2.78. The van der Waals surface area contributed by atoms with Crippen LogP contribution in [0.4, 0.5) is 0 Å². The minimum atomic E-state index is 0. The van der Waals surface area contributed by atoms with E-state index < -0.39 is 0 Å². The monoisotopic (exact) mass is 320 g/mol. The van der Waals surface area contributed by atoms with Gasteiger partial charge >= 0.3 is 0 Å². The lowest BCUT2D eigenvalue weighted by molar-refractivity contribution is 0.126. The van der Waals surface area contributed by atoms with Gasteiger partial charge in [0.15, 0.2) is 0 Å². The van der Waals surface area contributed by atoms with Gasteiger partial charge in [-0.1, -0.05) is 38.5 Å². The number of halogens is 2. The summed E-state index contributed by atoms with van der Waals surface area (Å²) in [7, 11) is 0. The van der Waals surface area contributed by atoms with Crippen LogP contribution >= 0.6 is 24.8 Å². The Hall–Kier alpha value is -0.480. The first-order chi connectivity index (χ1) is 8.74. The molecule has 0 aromatic heterocycles. The second-order valence-corrected chi connectivity index (χ2v) is 5.18. The standard InChI is InChI=1S/C15H24N2O.2ClH/c1-3-12(2)15(17-10-8-16-9-11-17)13-6-4-5-7-14(13)18;;/h4-7,12,15-16,18H,3,8-11H2,1-2H3;2*1H/t12?,15-;;/m0../s1. The van der Waals surface area contributed by atoms with Crippen molar-refractivity contribution >= 4 is 24.8 Å². The van der Waals surface area contributed by atoms with Crippen LogP contribution in [0.2, 0.25) is 0 Å². The van der Waals surface area contributed by atoms with Crippen LogP contribution < -0.4 is 5.32 Å². The van der Waals surface area contributed by atoms with E-state index in [1.165, 1.54) is 0 Å². The summed E-state index contributed by atoms with van der Waals surface area (Å²) in [6.07, 6.45) is 1.13. The number of phenolic OH excluding ortho intramolecular Hbond substituents is 1.